The molecule has 27 heavy (non-hydrogen) atoms. The first-order valence-electron chi connectivity index (χ1n) is 8.69. The Kier molecular flexibility index (Phi) is 4.73. The molecule has 9 heteroatoms. The third kappa shape index (κ3) is 3.83. The van der Waals surface area contributed by atoms with Gasteiger partial charge in [0.2, 0.25) is 0 Å². The standard InChI is InChI=1S/C18H21FN4O4/c1-17(2,3)27-15(24)18(6-7-18)13-5-4-11(8-14(13)19)23-10-12(9-21-22-20)26-16(23)25/h4-5,8,12H,6-7,9-10H2,1-3H3/t12-/m0/s1. The Bertz CT molecular complexity index is 825. The molecule has 0 N–H and O–H groups in total. The molecule has 0 aromatic heterocycles. The van der Waals surface area contributed by atoms with Crippen molar-refractivity contribution in [1.29, 1.82) is 0 Å². The van der Waals surface area contributed by atoms with Crippen LogP contribution in [-0.2, 0) is 19.7 Å². The molecule has 1 heterocycles. The number of nitrogens with zero attached hydrogens (tertiary/aromatic N) is 4. The van der Waals surface area contributed by atoms with Crippen LogP contribution in [0.3, 0.4) is 0 Å². The average molecular weight is 376 g/mol. The Hall–Kier alpha value is -2.80. The number of anilines is 1. The maximum atomic E-state index is 14.8. The molecule has 1 aliphatic heterocycles. The molecule has 1 amide bonds. The number of hydrogen-bond donors (Lipinski definition) is 0. The second-order valence-electron chi connectivity index (χ2n) is 7.78. The molecule has 2 fully saturated rings. The predicted octanol–water partition coefficient (Wildman–Crippen LogP) is 3.83. The lowest BCUT2D eigenvalue weighted by Gasteiger charge is -2.24. The van der Waals surface area contributed by atoms with Crippen molar-refractivity contribution in [2.24, 2.45) is 5.11 Å². The van der Waals surface area contributed by atoms with Gasteiger partial charge in [-0.05, 0) is 51.3 Å². The molecule has 2 aliphatic rings. The van der Waals surface area contributed by atoms with Crippen molar-refractivity contribution in [3.63, 3.8) is 0 Å². The summed E-state index contributed by atoms with van der Waals surface area (Å²) in [5, 5.41) is 3.39. The summed E-state index contributed by atoms with van der Waals surface area (Å²) in [5.74, 6) is -1.00. The van der Waals surface area contributed by atoms with Crippen molar-refractivity contribution in [3.8, 4) is 0 Å². The molecule has 1 aliphatic carbocycles. The van der Waals surface area contributed by atoms with E-state index in [0.717, 1.165) is 0 Å². The lowest BCUT2D eigenvalue weighted by atomic mass is 9.94. The fraction of sp³-hybridized carbons (Fsp3) is 0.556. The van der Waals surface area contributed by atoms with E-state index in [1.807, 2.05) is 0 Å². The van der Waals surface area contributed by atoms with Gasteiger partial charge in [0, 0.05) is 10.5 Å². The SMILES string of the molecule is CC(C)(C)OC(=O)C1(c2ccc(N3C[C@H](CN=[N+]=[N-])OC3=O)cc2F)CC1. The quantitative estimate of drug-likeness (QED) is 0.337. The highest BCUT2D eigenvalue weighted by atomic mass is 19.1. The zero-order valence-corrected chi connectivity index (χ0v) is 15.4. The number of benzene rings is 1. The molecule has 0 spiro atoms. The first-order valence-corrected chi connectivity index (χ1v) is 8.69. The molecular formula is C18H21FN4O4. The minimum Gasteiger partial charge on any atom is -0.459 e. The van der Waals surface area contributed by atoms with Gasteiger partial charge in [0.1, 0.15) is 17.5 Å². The number of carbonyl (C=O) groups is 2. The van der Waals surface area contributed by atoms with Gasteiger partial charge < -0.3 is 9.47 Å². The molecule has 1 atom stereocenters. The van der Waals surface area contributed by atoms with E-state index < -0.39 is 35.0 Å². The van der Waals surface area contributed by atoms with Crippen LogP contribution in [0.4, 0.5) is 14.9 Å². The number of amides is 1. The predicted molar refractivity (Wildman–Crippen MR) is 94.8 cm³/mol. The highest BCUT2D eigenvalue weighted by Gasteiger charge is 2.55. The summed E-state index contributed by atoms with van der Waals surface area (Å²) in [6.45, 7) is 5.49. The smallest absolute Gasteiger partial charge is 0.414 e. The van der Waals surface area contributed by atoms with E-state index in [2.05, 4.69) is 10.0 Å². The van der Waals surface area contributed by atoms with Crippen molar-refractivity contribution in [2.75, 3.05) is 18.0 Å². The summed E-state index contributed by atoms with van der Waals surface area (Å²) in [5.41, 5.74) is 7.35. The van der Waals surface area contributed by atoms with E-state index in [1.54, 1.807) is 26.8 Å². The van der Waals surface area contributed by atoms with E-state index in [-0.39, 0.29) is 18.7 Å². The molecule has 3 rings (SSSR count). The third-order valence-corrected chi connectivity index (χ3v) is 4.54. The number of esters is 1. The van der Waals surface area contributed by atoms with Crippen LogP contribution >= 0.6 is 0 Å². The third-order valence-electron chi connectivity index (χ3n) is 4.54. The van der Waals surface area contributed by atoms with E-state index in [1.165, 1.54) is 17.0 Å². The van der Waals surface area contributed by atoms with Crippen LogP contribution in [0.5, 0.6) is 0 Å². The van der Waals surface area contributed by atoms with Crippen molar-refractivity contribution in [3.05, 3.63) is 40.0 Å². The normalized spacial score (nSPS) is 20.7. The van der Waals surface area contributed by atoms with Gasteiger partial charge in [-0.15, -0.1) is 0 Å². The average Bonchev–Trinajstić information content (AvgIpc) is 3.29. The minimum atomic E-state index is -0.953. The first kappa shape index (κ1) is 19.0. The summed E-state index contributed by atoms with van der Waals surface area (Å²) in [6.07, 6.45) is -0.155. The molecule has 1 saturated heterocycles. The van der Waals surface area contributed by atoms with Gasteiger partial charge in [0.05, 0.1) is 24.2 Å². The van der Waals surface area contributed by atoms with Gasteiger partial charge in [-0.25, -0.2) is 9.18 Å². The Balaban J connectivity index is 1.80. The van der Waals surface area contributed by atoms with Crippen molar-refractivity contribution in [1.82, 2.24) is 0 Å². The molecule has 0 bridgehead atoms. The van der Waals surface area contributed by atoms with Crippen LogP contribution in [0.15, 0.2) is 23.3 Å². The van der Waals surface area contributed by atoms with Gasteiger partial charge in [-0.3, -0.25) is 9.69 Å². The molecule has 0 unspecified atom stereocenters. The minimum absolute atomic E-state index is 0.0149. The number of cyclic esters (lactones) is 1. The van der Waals surface area contributed by atoms with Crippen LogP contribution in [-0.4, -0.2) is 36.9 Å². The van der Waals surface area contributed by atoms with E-state index in [0.29, 0.717) is 18.5 Å². The number of rotatable bonds is 5. The lowest BCUT2D eigenvalue weighted by Crippen LogP contribution is -2.32. The number of carbonyl (C=O) groups excluding carboxylic acids is 2. The van der Waals surface area contributed by atoms with Crippen molar-refractivity contribution < 1.29 is 23.5 Å². The van der Waals surface area contributed by atoms with Crippen molar-refractivity contribution in [2.45, 2.75) is 50.7 Å². The second kappa shape index (κ2) is 6.74. The van der Waals surface area contributed by atoms with Crippen LogP contribution in [0.1, 0.15) is 39.2 Å². The molecule has 1 aromatic rings. The topological polar surface area (TPSA) is 105 Å². The van der Waals surface area contributed by atoms with E-state index in [9.17, 15) is 14.0 Å². The monoisotopic (exact) mass is 376 g/mol. The van der Waals surface area contributed by atoms with Gasteiger partial charge in [0.25, 0.3) is 0 Å². The lowest BCUT2D eigenvalue weighted by molar-refractivity contribution is -0.158. The van der Waals surface area contributed by atoms with E-state index >= 15 is 0 Å². The van der Waals surface area contributed by atoms with Crippen molar-refractivity contribution >= 4 is 17.7 Å². The zero-order chi connectivity index (χ0) is 19.8. The summed E-state index contributed by atoms with van der Waals surface area (Å²) < 4.78 is 25.3. The summed E-state index contributed by atoms with van der Waals surface area (Å²) >= 11 is 0. The number of azide groups is 1. The Labute approximate surface area is 155 Å². The van der Waals surface area contributed by atoms with Gasteiger partial charge in [0.15, 0.2) is 0 Å². The maximum absolute atomic E-state index is 14.8. The van der Waals surface area contributed by atoms with Gasteiger partial charge in [-0.1, -0.05) is 11.2 Å². The van der Waals surface area contributed by atoms with E-state index in [4.69, 9.17) is 15.0 Å². The number of halogens is 1. The Morgan fingerprint density at radius 1 is 1.48 bits per heavy atom. The maximum Gasteiger partial charge on any atom is 0.414 e. The fourth-order valence-corrected chi connectivity index (χ4v) is 3.10. The molecule has 1 saturated carbocycles. The molecule has 144 valence electrons. The second-order valence-corrected chi connectivity index (χ2v) is 7.78. The number of hydrogen-bond acceptors (Lipinski definition) is 5. The molecule has 8 nitrogen and oxygen atoms in total. The van der Waals surface area contributed by atoms with Crippen LogP contribution in [0, 0.1) is 5.82 Å². The summed E-state index contributed by atoms with van der Waals surface area (Å²) in [7, 11) is 0. The van der Waals surface area contributed by atoms with Crippen LogP contribution in [0.25, 0.3) is 10.4 Å². The number of ether oxygens (including phenoxy) is 2. The zero-order valence-electron chi connectivity index (χ0n) is 15.4. The summed E-state index contributed by atoms with van der Waals surface area (Å²) in [6, 6.07) is 4.33. The molecule has 1 aromatic carbocycles. The largest absolute Gasteiger partial charge is 0.459 e. The van der Waals surface area contributed by atoms with Gasteiger partial charge in [-0.2, -0.15) is 0 Å². The highest BCUT2D eigenvalue weighted by Crippen LogP contribution is 2.51. The Morgan fingerprint density at radius 3 is 2.74 bits per heavy atom. The van der Waals surface area contributed by atoms with Crippen LogP contribution < -0.4 is 4.90 Å². The highest BCUT2D eigenvalue weighted by molar-refractivity contribution is 5.90. The first-order chi connectivity index (χ1) is 12.7. The molecular weight excluding hydrogens is 355 g/mol. The molecule has 0 radical (unpaired) electrons. The summed E-state index contributed by atoms with van der Waals surface area (Å²) in [4.78, 5) is 28.4. The van der Waals surface area contributed by atoms with Gasteiger partial charge >= 0.3 is 12.1 Å². The Morgan fingerprint density at radius 2 is 2.19 bits per heavy atom. The van der Waals surface area contributed by atoms with Crippen LogP contribution in [0.2, 0.25) is 0 Å². The fourth-order valence-electron chi connectivity index (χ4n) is 3.10.